The quantitative estimate of drug-likeness (QED) is 0.942. The Bertz CT molecular complexity index is 648. The SMILES string of the molecule is CN(Cc1cccc(F)c1)c1ncc(Cl)cc1C(N)=O. The van der Waals surface area contributed by atoms with Gasteiger partial charge in [-0.2, -0.15) is 0 Å². The summed E-state index contributed by atoms with van der Waals surface area (Å²) in [5.41, 5.74) is 6.31. The van der Waals surface area contributed by atoms with Gasteiger partial charge in [-0.25, -0.2) is 9.37 Å². The Kier molecular flexibility index (Phi) is 4.20. The highest BCUT2D eigenvalue weighted by Gasteiger charge is 2.14. The molecular weight excluding hydrogens is 281 g/mol. The van der Waals surface area contributed by atoms with Crippen molar-refractivity contribution in [2.24, 2.45) is 5.73 Å². The van der Waals surface area contributed by atoms with E-state index in [9.17, 15) is 9.18 Å². The fourth-order valence-electron chi connectivity index (χ4n) is 1.90. The molecule has 2 N–H and O–H groups in total. The molecule has 0 fully saturated rings. The van der Waals surface area contributed by atoms with Crippen molar-refractivity contribution in [3.63, 3.8) is 0 Å². The van der Waals surface area contributed by atoms with Crippen molar-refractivity contribution in [3.8, 4) is 0 Å². The smallest absolute Gasteiger partial charge is 0.252 e. The number of aromatic nitrogens is 1. The van der Waals surface area contributed by atoms with Crippen molar-refractivity contribution >= 4 is 23.3 Å². The Balaban J connectivity index is 2.29. The Morgan fingerprint density at radius 2 is 2.20 bits per heavy atom. The average molecular weight is 294 g/mol. The van der Waals surface area contributed by atoms with Gasteiger partial charge in [-0.15, -0.1) is 0 Å². The summed E-state index contributed by atoms with van der Waals surface area (Å²) in [7, 11) is 1.74. The van der Waals surface area contributed by atoms with E-state index in [1.165, 1.54) is 24.4 Å². The number of carbonyl (C=O) groups is 1. The van der Waals surface area contributed by atoms with Gasteiger partial charge in [0, 0.05) is 19.8 Å². The van der Waals surface area contributed by atoms with Crippen LogP contribution in [0.15, 0.2) is 36.5 Å². The molecular formula is C14H13ClFN3O. The number of hydrogen-bond acceptors (Lipinski definition) is 3. The van der Waals surface area contributed by atoms with Crippen LogP contribution in [0.5, 0.6) is 0 Å². The summed E-state index contributed by atoms with van der Waals surface area (Å²) in [6, 6.07) is 7.69. The summed E-state index contributed by atoms with van der Waals surface area (Å²) < 4.78 is 13.2. The van der Waals surface area contributed by atoms with E-state index in [0.29, 0.717) is 17.4 Å². The summed E-state index contributed by atoms with van der Waals surface area (Å²) in [4.78, 5) is 17.3. The largest absolute Gasteiger partial charge is 0.365 e. The Morgan fingerprint density at radius 1 is 1.45 bits per heavy atom. The van der Waals surface area contributed by atoms with Crippen molar-refractivity contribution in [1.29, 1.82) is 0 Å². The highest BCUT2D eigenvalue weighted by molar-refractivity contribution is 6.31. The third-order valence-electron chi connectivity index (χ3n) is 2.77. The van der Waals surface area contributed by atoms with Crippen molar-refractivity contribution in [2.45, 2.75) is 6.54 Å². The third kappa shape index (κ3) is 3.24. The number of primary amides is 1. The molecule has 104 valence electrons. The van der Waals surface area contributed by atoms with Crippen molar-refractivity contribution in [1.82, 2.24) is 4.98 Å². The zero-order chi connectivity index (χ0) is 14.7. The minimum absolute atomic E-state index is 0.233. The first-order valence-electron chi connectivity index (χ1n) is 5.88. The van der Waals surface area contributed by atoms with Gasteiger partial charge in [0.25, 0.3) is 5.91 Å². The van der Waals surface area contributed by atoms with Crippen LogP contribution in [0.1, 0.15) is 15.9 Å². The molecule has 0 unspecified atom stereocenters. The van der Waals surface area contributed by atoms with Crippen molar-refractivity contribution in [3.05, 3.63) is 58.5 Å². The number of pyridine rings is 1. The topological polar surface area (TPSA) is 59.2 Å². The van der Waals surface area contributed by atoms with Crippen LogP contribution in [0.2, 0.25) is 5.02 Å². The molecule has 2 rings (SSSR count). The number of halogens is 2. The second-order valence-electron chi connectivity index (χ2n) is 4.37. The van der Waals surface area contributed by atoms with Crippen LogP contribution in [0, 0.1) is 5.82 Å². The molecule has 4 nitrogen and oxygen atoms in total. The molecule has 0 atom stereocenters. The average Bonchev–Trinajstić information content (AvgIpc) is 2.38. The van der Waals surface area contributed by atoms with E-state index in [2.05, 4.69) is 4.98 Å². The number of hydrogen-bond donors (Lipinski definition) is 1. The predicted molar refractivity (Wildman–Crippen MR) is 76.3 cm³/mol. The van der Waals surface area contributed by atoms with E-state index >= 15 is 0 Å². The van der Waals surface area contributed by atoms with Gasteiger partial charge >= 0.3 is 0 Å². The molecule has 1 aromatic heterocycles. The van der Waals surface area contributed by atoms with Crippen LogP contribution >= 0.6 is 11.6 Å². The normalized spacial score (nSPS) is 10.3. The van der Waals surface area contributed by atoms with Crippen LogP contribution in [0.25, 0.3) is 0 Å². The van der Waals surface area contributed by atoms with E-state index in [1.807, 2.05) is 0 Å². The van der Waals surface area contributed by atoms with Gasteiger partial charge in [-0.05, 0) is 23.8 Å². The number of carbonyl (C=O) groups excluding carboxylic acids is 1. The third-order valence-corrected chi connectivity index (χ3v) is 2.98. The minimum Gasteiger partial charge on any atom is -0.365 e. The van der Waals surface area contributed by atoms with Gasteiger partial charge in [0.2, 0.25) is 0 Å². The van der Waals surface area contributed by atoms with Crippen LogP contribution < -0.4 is 10.6 Å². The van der Waals surface area contributed by atoms with Gasteiger partial charge in [0.05, 0.1) is 10.6 Å². The number of benzene rings is 1. The molecule has 20 heavy (non-hydrogen) atoms. The number of rotatable bonds is 4. The standard InChI is InChI=1S/C14H13ClFN3O/c1-19(8-9-3-2-4-11(16)5-9)14-12(13(17)20)6-10(15)7-18-14/h2-7H,8H2,1H3,(H2,17,20). The Morgan fingerprint density at radius 3 is 2.85 bits per heavy atom. The van der Waals surface area contributed by atoms with Gasteiger partial charge < -0.3 is 10.6 Å². The predicted octanol–water partition coefficient (Wildman–Crippen LogP) is 2.61. The molecule has 1 heterocycles. The molecule has 0 saturated carbocycles. The first-order valence-corrected chi connectivity index (χ1v) is 6.26. The maximum atomic E-state index is 13.2. The molecule has 0 aliphatic carbocycles. The molecule has 0 radical (unpaired) electrons. The second kappa shape index (κ2) is 5.88. The Hall–Kier alpha value is -2.14. The fraction of sp³-hybridized carbons (Fsp3) is 0.143. The van der Waals surface area contributed by atoms with Crippen LogP contribution in [0.4, 0.5) is 10.2 Å². The van der Waals surface area contributed by atoms with E-state index in [0.717, 1.165) is 5.56 Å². The van der Waals surface area contributed by atoms with Crippen LogP contribution in [-0.4, -0.2) is 17.9 Å². The van der Waals surface area contributed by atoms with E-state index in [1.54, 1.807) is 24.1 Å². The second-order valence-corrected chi connectivity index (χ2v) is 4.81. The highest BCUT2D eigenvalue weighted by Crippen LogP contribution is 2.21. The fourth-order valence-corrected chi connectivity index (χ4v) is 2.06. The number of nitrogens with zero attached hydrogens (tertiary/aromatic N) is 2. The molecule has 2 aromatic rings. The summed E-state index contributed by atoms with van der Waals surface area (Å²) in [5.74, 6) is -0.512. The van der Waals surface area contributed by atoms with E-state index in [-0.39, 0.29) is 11.4 Å². The van der Waals surface area contributed by atoms with E-state index < -0.39 is 5.91 Å². The summed E-state index contributed by atoms with van der Waals surface area (Å²) in [5, 5.41) is 0.335. The van der Waals surface area contributed by atoms with Crippen molar-refractivity contribution in [2.75, 3.05) is 11.9 Å². The van der Waals surface area contributed by atoms with Crippen molar-refractivity contribution < 1.29 is 9.18 Å². The molecule has 0 spiro atoms. The van der Waals surface area contributed by atoms with Crippen LogP contribution in [-0.2, 0) is 6.54 Å². The Labute approximate surface area is 121 Å². The molecule has 0 aliphatic heterocycles. The maximum Gasteiger partial charge on any atom is 0.252 e. The molecule has 0 aliphatic rings. The van der Waals surface area contributed by atoms with Gasteiger partial charge in [-0.3, -0.25) is 4.79 Å². The summed E-state index contributed by atoms with van der Waals surface area (Å²) in [6.07, 6.45) is 1.44. The summed E-state index contributed by atoms with van der Waals surface area (Å²) in [6.45, 7) is 0.396. The van der Waals surface area contributed by atoms with Gasteiger partial charge in [-0.1, -0.05) is 23.7 Å². The van der Waals surface area contributed by atoms with E-state index in [4.69, 9.17) is 17.3 Å². The molecule has 1 aromatic carbocycles. The van der Waals surface area contributed by atoms with Gasteiger partial charge in [0.15, 0.2) is 0 Å². The van der Waals surface area contributed by atoms with Crippen LogP contribution in [0.3, 0.4) is 0 Å². The minimum atomic E-state index is -0.610. The zero-order valence-corrected chi connectivity index (χ0v) is 11.6. The zero-order valence-electron chi connectivity index (χ0n) is 10.8. The monoisotopic (exact) mass is 293 g/mol. The highest BCUT2D eigenvalue weighted by atomic mass is 35.5. The van der Waals surface area contributed by atoms with Gasteiger partial charge in [0.1, 0.15) is 11.6 Å². The molecule has 6 heteroatoms. The number of anilines is 1. The lowest BCUT2D eigenvalue weighted by atomic mass is 10.2. The first kappa shape index (κ1) is 14.3. The lowest BCUT2D eigenvalue weighted by Crippen LogP contribution is -2.23. The number of nitrogens with two attached hydrogens (primary N) is 1. The number of amides is 1. The maximum absolute atomic E-state index is 13.2. The molecule has 0 saturated heterocycles. The first-order chi connectivity index (χ1) is 9.47. The lowest BCUT2D eigenvalue weighted by Gasteiger charge is -2.20. The summed E-state index contributed by atoms with van der Waals surface area (Å²) >= 11 is 5.81. The molecule has 0 bridgehead atoms. The lowest BCUT2D eigenvalue weighted by molar-refractivity contribution is 0.100. The molecule has 1 amide bonds.